The van der Waals surface area contributed by atoms with Gasteiger partial charge in [-0.15, -0.1) is 11.3 Å². The smallest absolute Gasteiger partial charge is 0.355 e. The lowest BCUT2D eigenvalue weighted by Gasteiger charge is -2.32. The van der Waals surface area contributed by atoms with Crippen molar-refractivity contribution < 1.29 is 22.8 Å². The molecule has 0 unspecified atom stereocenters. The van der Waals surface area contributed by atoms with Crippen molar-refractivity contribution in [3.05, 3.63) is 27.3 Å². The van der Waals surface area contributed by atoms with Crippen molar-refractivity contribution >= 4 is 45.0 Å². The zero-order chi connectivity index (χ0) is 25.6. The van der Waals surface area contributed by atoms with Crippen LogP contribution in [0, 0.1) is 0 Å². The number of carbonyl (C=O) groups excluding carboxylic acids is 2. The number of aromatic nitrogens is 2. The molecular weight excluding hydrogens is 551 g/mol. The van der Waals surface area contributed by atoms with Crippen LogP contribution in [0.3, 0.4) is 0 Å². The van der Waals surface area contributed by atoms with E-state index in [0.717, 1.165) is 37.5 Å². The Hall–Kier alpha value is -2.29. The molecule has 1 aliphatic heterocycles. The third kappa shape index (κ3) is 7.85. The minimum Gasteiger partial charge on any atom is -0.355 e. The van der Waals surface area contributed by atoms with E-state index in [1.807, 2.05) is 7.05 Å². The van der Waals surface area contributed by atoms with Crippen molar-refractivity contribution in [3.63, 3.8) is 0 Å². The first kappa shape index (κ1) is 27.3. The van der Waals surface area contributed by atoms with Gasteiger partial charge in [-0.1, -0.05) is 0 Å². The number of urea groups is 1. The largest absolute Gasteiger partial charge is 0.434 e. The summed E-state index contributed by atoms with van der Waals surface area (Å²) in [6, 6.07) is 0.940. The Morgan fingerprint density at radius 2 is 1.91 bits per heavy atom. The molecule has 0 radical (unpaired) electrons. The summed E-state index contributed by atoms with van der Waals surface area (Å²) < 4.78 is 41.5. The fourth-order valence-corrected chi connectivity index (χ4v) is 5.08. The van der Waals surface area contributed by atoms with E-state index in [-0.39, 0.29) is 15.7 Å². The number of piperazine rings is 1. The molecule has 14 heteroatoms. The topological polar surface area (TPSA) is 102 Å². The number of nitrogens with one attached hydrogen (secondary N) is 3. The first-order valence-corrected chi connectivity index (χ1v) is 12.6. The summed E-state index contributed by atoms with van der Waals surface area (Å²) in [6.07, 6.45) is -3.77. The van der Waals surface area contributed by atoms with Crippen LogP contribution in [0.25, 0.3) is 10.6 Å². The van der Waals surface area contributed by atoms with Crippen LogP contribution < -0.4 is 16.0 Å². The van der Waals surface area contributed by atoms with Crippen molar-refractivity contribution in [2.24, 2.45) is 0 Å². The van der Waals surface area contributed by atoms with Gasteiger partial charge >= 0.3 is 12.2 Å². The molecule has 2 aromatic heterocycles. The quantitative estimate of drug-likeness (QED) is 0.446. The summed E-state index contributed by atoms with van der Waals surface area (Å²) in [5.74, 6) is -0.340. The first-order valence-electron chi connectivity index (χ1n) is 11.0. The number of alkyl halides is 3. The number of halogens is 4. The van der Waals surface area contributed by atoms with Gasteiger partial charge in [0, 0.05) is 66.9 Å². The van der Waals surface area contributed by atoms with Crippen LogP contribution in [0.2, 0.25) is 0 Å². The van der Waals surface area contributed by atoms with Crippen LogP contribution in [-0.4, -0.2) is 84.6 Å². The van der Waals surface area contributed by atoms with E-state index in [0.29, 0.717) is 29.7 Å². The Balaban J connectivity index is 1.72. The van der Waals surface area contributed by atoms with Crippen molar-refractivity contribution in [2.75, 3.05) is 58.2 Å². The number of hydrogen-bond donors (Lipinski definition) is 3. The van der Waals surface area contributed by atoms with Gasteiger partial charge in [-0.3, -0.25) is 15.0 Å². The van der Waals surface area contributed by atoms with Crippen LogP contribution >= 0.6 is 27.3 Å². The van der Waals surface area contributed by atoms with E-state index in [2.05, 4.69) is 51.6 Å². The molecule has 0 atom stereocenters. The van der Waals surface area contributed by atoms with Gasteiger partial charge in [0.05, 0.1) is 6.42 Å². The second-order valence-corrected chi connectivity index (χ2v) is 9.93. The molecule has 35 heavy (non-hydrogen) atoms. The molecular formula is C21H27BrF3N7O2S. The van der Waals surface area contributed by atoms with Crippen LogP contribution in [0.5, 0.6) is 0 Å². The highest BCUT2D eigenvalue weighted by molar-refractivity contribution is 9.10. The summed E-state index contributed by atoms with van der Waals surface area (Å²) in [4.78, 5) is 36.3. The number of nitrogens with zero attached hydrogens (tertiary/aromatic N) is 4. The maximum atomic E-state index is 13.7. The minimum atomic E-state index is -4.72. The minimum absolute atomic E-state index is 0.0609. The summed E-state index contributed by atoms with van der Waals surface area (Å²) in [6.45, 7) is 6.82. The molecule has 192 valence electrons. The Morgan fingerprint density at radius 3 is 2.57 bits per heavy atom. The van der Waals surface area contributed by atoms with E-state index in [1.165, 1.54) is 12.3 Å². The summed E-state index contributed by atoms with van der Waals surface area (Å²) in [5.41, 5.74) is -0.766. The highest BCUT2D eigenvalue weighted by Gasteiger charge is 2.38. The van der Waals surface area contributed by atoms with Crippen molar-refractivity contribution in [1.82, 2.24) is 30.4 Å². The Kier molecular flexibility index (Phi) is 9.44. The van der Waals surface area contributed by atoms with Crippen LogP contribution in [0.15, 0.2) is 16.7 Å². The number of thiazole rings is 1. The molecule has 3 heterocycles. The van der Waals surface area contributed by atoms with Crippen molar-refractivity contribution in [2.45, 2.75) is 19.5 Å². The Morgan fingerprint density at radius 1 is 1.20 bits per heavy atom. The lowest BCUT2D eigenvalue weighted by Crippen LogP contribution is -2.47. The standard InChI is InChI=1S/C21H27BrF3N7O2S/c1-3-26-20(34)29-16-10-13(14(22)12-28-16)19-30-18(21(23,24)25)15(35-19)11-17(33)27-4-5-32-8-6-31(2)7-9-32/h10,12H,3-9,11H2,1-2H3,(H,27,33)(H2,26,28,29,34). The van der Waals surface area contributed by atoms with Crippen molar-refractivity contribution in [3.8, 4) is 10.6 Å². The van der Waals surface area contributed by atoms with Gasteiger partial charge in [-0.2, -0.15) is 13.2 Å². The summed E-state index contributed by atoms with van der Waals surface area (Å²) in [7, 11) is 2.05. The number of carbonyl (C=O) groups is 2. The lowest BCUT2D eigenvalue weighted by molar-refractivity contribution is -0.141. The molecule has 0 aliphatic carbocycles. The van der Waals surface area contributed by atoms with Gasteiger partial charge in [-0.25, -0.2) is 14.8 Å². The normalized spacial score (nSPS) is 15.1. The molecule has 1 aliphatic rings. The average molecular weight is 578 g/mol. The molecule has 1 fully saturated rings. The summed E-state index contributed by atoms with van der Waals surface area (Å²) >= 11 is 4.07. The van der Waals surface area contributed by atoms with E-state index < -0.39 is 30.2 Å². The van der Waals surface area contributed by atoms with Gasteiger partial charge in [0.2, 0.25) is 5.91 Å². The van der Waals surface area contributed by atoms with Gasteiger partial charge in [-0.05, 0) is 36.0 Å². The number of hydrogen-bond acceptors (Lipinski definition) is 7. The van der Waals surface area contributed by atoms with Gasteiger partial charge in [0.15, 0.2) is 5.69 Å². The molecule has 1 saturated heterocycles. The fourth-order valence-electron chi connectivity index (χ4n) is 3.43. The molecule has 3 rings (SSSR count). The number of pyridine rings is 1. The number of amides is 3. The van der Waals surface area contributed by atoms with Gasteiger partial charge in [0.1, 0.15) is 10.8 Å². The second kappa shape index (κ2) is 12.1. The van der Waals surface area contributed by atoms with Crippen LogP contribution in [0.4, 0.5) is 23.8 Å². The molecule has 0 spiro atoms. The van der Waals surface area contributed by atoms with E-state index in [9.17, 15) is 22.8 Å². The SMILES string of the molecule is CCNC(=O)Nc1cc(-c2nc(C(F)(F)F)c(CC(=O)NCCN3CCN(C)CC3)s2)c(Br)cn1. The summed E-state index contributed by atoms with van der Waals surface area (Å²) in [5, 5.41) is 7.84. The third-order valence-corrected chi connectivity index (χ3v) is 7.02. The Labute approximate surface area is 213 Å². The maximum absolute atomic E-state index is 13.7. The predicted octanol–water partition coefficient (Wildman–Crippen LogP) is 3.03. The highest BCUT2D eigenvalue weighted by atomic mass is 79.9. The Bertz CT molecular complexity index is 1040. The average Bonchev–Trinajstić information content (AvgIpc) is 3.20. The van der Waals surface area contributed by atoms with Crippen LogP contribution in [-0.2, 0) is 17.4 Å². The van der Waals surface area contributed by atoms with E-state index >= 15 is 0 Å². The lowest BCUT2D eigenvalue weighted by atomic mass is 10.2. The molecule has 9 nitrogen and oxygen atoms in total. The fraction of sp³-hybridized carbons (Fsp3) is 0.524. The molecule has 3 N–H and O–H groups in total. The van der Waals surface area contributed by atoms with Gasteiger partial charge in [0.25, 0.3) is 0 Å². The second-order valence-electron chi connectivity index (χ2n) is 7.99. The predicted molar refractivity (Wildman–Crippen MR) is 131 cm³/mol. The van der Waals surface area contributed by atoms with Crippen LogP contribution in [0.1, 0.15) is 17.5 Å². The molecule has 2 aromatic rings. The van der Waals surface area contributed by atoms with E-state index in [4.69, 9.17) is 0 Å². The molecule has 0 aromatic carbocycles. The third-order valence-electron chi connectivity index (χ3n) is 5.30. The number of rotatable bonds is 8. The first-order chi connectivity index (χ1) is 16.6. The molecule has 0 bridgehead atoms. The number of likely N-dealkylation sites (N-methyl/N-ethyl adjacent to an activating group) is 1. The zero-order valence-corrected chi connectivity index (χ0v) is 21.7. The van der Waals surface area contributed by atoms with Crippen molar-refractivity contribution in [1.29, 1.82) is 0 Å². The highest BCUT2D eigenvalue weighted by Crippen LogP contribution is 2.40. The number of anilines is 1. The monoisotopic (exact) mass is 577 g/mol. The van der Waals surface area contributed by atoms with E-state index in [1.54, 1.807) is 6.92 Å². The molecule has 0 saturated carbocycles. The maximum Gasteiger partial charge on any atom is 0.434 e. The van der Waals surface area contributed by atoms with Gasteiger partial charge < -0.3 is 15.5 Å². The molecule has 3 amide bonds. The zero-order valence-electron chi connectivity index (χ0n) is 19.3.